The standard InChI is InChI=1S/C38H26O6/c1-23-20-21-29-31(22-23)35(43-37(39)41-32-18-8-13-25-11-3-5-15-27(25)32)30-17-7-10-24(2)34(30)36(29)44-38(40)42-33-19-9-14-26-12-4-6-16-28(26)33/h3-22H,1-2H3. The van der Waals surface area contributed by atoms with Gasteiger partial charge >= 0.3 is 12.3 Å². The predicted octanol–water partition coefficient (Wildman–Crippen LogP) is 10.1. The number of carbonyl (C=O) groups excluding carboxylic acids is 2. The Morgan fingerprint density at radius 1 is 0.455 bits per heavy atom. The average Bonchev–Trinajstić information content (AvgIpc) is 3.03. The molecule has 214 valence electrons. The minimum atomic E-state index is -0.879. The van der Waals surface area contributed by atoms with Crippen molar-refractivity contribution >= 4 is 55.4 Å². The summed E-state index contributed by atoms with van der Waals surface area (Å²) in [5.74, 6) is 1.41. The number of hydrogen-bond acceptors (Lipinski definition) is 6. The van der Waals surface area contributed by atoms with E-state index < -0.39 is 12.3 Å². The molecule has 0 N–H and O–H groups in total. The molecule has 6 nitrogen and oxygen atoms in total. The largest absolute Gasteiger partial charge is 0.519 e. The minimum absolute atomic E-state index is 0.308. The molecule has 0 fully saturated rings. The maximum atomic E-state index is 13.3. The molecule has 6 heteroatoms. The zero-order chi connectivity index (χ0) is 30.2. The quantitative estimate of drug-likeness (QED) is 0.118. The van der Waals surface area contributed by atoms with Gasteiger partial charge in [0, 0.05) is 32.3 Å². The van der Waals surface area contributed by atoms with Crippen LogP contribution in [0.5, 0.6) is 23.0 Å². The molecular weight excluding hydrogens is 552 g/mol. The number of fused-ring (bicyclic) bond motifs is 4. The van der Waals surface area contributed by atoms with Crippen LogP contribution in [-0.2, 0) is 0 Å². The van der Waals surface area contributed by atoms with E-state index in [1.165, 1.54) is 0 Å². The van der Waals surface area contributed by atoms with E-state index in [0.29, 0.717) is 44.5 Å². The second kappa shape index (κ2) is 11.1. The summed E-state index contributed by atoms with van der Waals surface area (Å²) in [6.07, 6.45) is -1.76. The van der Waals surface area contributed by atoms with Crippen LogP contribution in [0, 0.1) is 13.8 Å². The fraction of sp³-hybridized carbons (Fsp3) is 0.0526. The molecule has 0 saturated heterocycles. The van der Waals surface area contributed by atoms with Crippen molar-refractivity contribution in [2.75, 3.05) is 0 Å². The van der Waals surface area contributed by atoms with E-state index in [4.69, 9.17) is 18.9 Å². The molecule has 7 aromatic carbocycles. The normalized spacial score (nSPS) is 11.1. The van der Waals surface area contributed by atoms with E-state index in [9.17, 15) is 9.59 Å². The summed E-state index contributed by atoms with van der Waals surface area (Å²) in [5.41, 5.74) is 1.76. The summed E-state index contributed by atoms with van der Waals surface area (Å²) in [4.78, 5) is 26.6. The Bertz CT molecular complexity index is 2240. The summed E-state index contributed by atoms with van der Waals surface area (Å²) < 4.78 is 23.4. The molecule has 0 amide bonds. The molecule has 0 aliphatic rings. The first-order chi connectivity index (χ1) is 21.5. The Balaban J connectivity index is 1.30. The molecule has 7 aromatic rings. The first-order valence-electron chi connectivity index (χ1n) is 14.2. The summed E-state index contributed by atoms with van der Waals surface area (Å²) in [7, 11) is 0. The average molecular weight is 579 g/mol. The summed E-state index contributed by atoms with van der Waals surface area (Å²) in [5, 5.41) is 5.85. The van der Waals surface area contributed by atoms with Crippen molar-refractivity contribution in [2.45, 2.75) is 13.8 Å². The zero-order valence-electron chi connectivity index (χ0n) is 24.0. The Hall–Kier alpha value is -5.88. The van der Waals surface area contributed by atoms with Gasteiger partial charge in [0.1, 0.15) is 11.5 Å². The molecule has 0 aliphatic carbocycles. The van der Waals surface area contributed by atoms with Gasteiger partial charge in [0.15, 0.2) is 11.5 Å². The highest BCUT2D eigenvalue weighted by Gasteiger charge is 2.23. The van der Waals surface area contributed by atoms with Gasteiger partial charge in [0.05, 0.1) is 0 Å². The van der Waals surface area contributed by atoms with Crippen LogP contribution in [0.4, 0.5) is 9.59 Å². The molecule has 0 heterocycles. The Kier molecular flexibility index (Phi) is 6.79. The van der Waals surface area contributed by atoms with E-state index in [0.717, 1.165) is 32.7 Å². The van der Waals surface area contributed by atoms with Gasteiger partial charge in [-0.25, -0.2) is 9.59 Å². The first-order valence-corrected chi connectivity index (χ1v) is 14.2. The molecule has 0 atom stereocenters. The van der Waals surface area contributed by atoms with Crippen LogP contribution < -0.4 is 18.9 Å². The minimum Gasteiger partial charge on any atom is -0.394 e. The Labute approximate surface area is 253 Å². The van der Waals surface area contributed by atoms with Crippen LogP contribution >= 0.6 is 0 Å². The SMILES string of the molecule is Cc1ccc2c(OC(=O)Oc3cccc4ccccc34)c3c(C)cccc3c(OC(=O)Oc3cccc4ccccc34)c2c1. The van der Waals surface area contributed by atoms with Crippen molar-refractivity contribution in [3.05, 3.63) is 132 Å². The lowest BCUT2D eigenvalue weighted by Crippen LogP contribution is -2.16. The molecule has 44 heavy (non-hydrogen) atoms. The lowest BCUT2D eigenvalue weighted by Gasteiger charge is -2.18. The third kappa shape index (κ3) is 4.92. The molecule has 0 bridgehead atoms. The smallest absolute Gasteiger partial charge is 0.394 e. The van der Waals surface area contributed by atoms with Crippen molar-refractivity contribution in [1.82, 2.24) is 0 Å². The van der Waals surface area contributed by atoms with Crippen molar-refractivity contribution in [3.63, 3.8) is 0 Å². The number of rotatable bonds is 4. The Morgan fingerprint density at radius 3 is 1.61 bits per heavy atom. The number of carbonyl (C=O) groups is 2. The van der Waals surface area contributed by atoms with Gasteiger partial charge in [0.25, 0.3) is 0 Å². The fourth-order valence-corrected chi connectivity index (χ4v) is 5.66. The van der Waals surface area contributed by atoms with Gasteiger partial charge in [0.2, 0.25) is 0 Å². The maximum absolute atomic E-state index is 13.3. The monoisotopic (exact) mass is 578 g/mol. The van der Waals surface area contributed by atoms with Gasteiger partial charge < -0.3 is 18.9 Å². The predicted molar refractivity (Wildman–Crippen MR) is 172 cm³/mol. The third-order valence-electron chi connectivity index (χ3n) is 7.67. The van der Waals surface area contributed by atoms with E-state index in [-0.39, 0.29) is 0 Å². The van der Waals surface area contributed by atoms with Crippen molar-refractivity contribution < 1.29 is 28.5 Å². The molecule has 0 aromatic heterocycles. The fourth-order valence-electron chi connectivity index (χ4n) is 5.66. The van der Waals surface area contributed by atoms with E-state index >= 15 is 0 Å². The highest BCUT2D eigenvalue weighted by molar-refractivity contribution is 6.13. The molecule has 7 rings (SSSR count). The highest BCUT2D eigenvalue weighted by atomic mass is 16.7. The second-order valence-electron chi connectivity index (χ2n) is 10.6. The van der Waals surface area contributed by atoms with Crippen LogP contribution in [-0.4, -0.2) is 12.3 Å². The summed E-state index contributed by atoms with van der Waals surface area (Å²) in [6.45, 7) is 3.84. The van der Waals surface area contributed by atoms with Gasteiger partial charge in [-0.2, -0.15) is 0 Å². The number of hydrogen-bond donors (Lipinski definition) is 0. The Morgan fingerprint density at radius 2 is 0.977 bits per heavy atom. The zero-order valence-corrected chi connectivity index (χ0v) is 24.0. The van der Waals surface area contributed by atoms with Crippen LogP contribution in [0.3, 0.4) is 0 Å². The van der Waals surface area contributed by atoms with Crippen LogP contribution in [0.2, 0.25) is 0 Å². The molecule has 0 radical (unpaired) electrons. The molecule has 0 unspecified atom stereocenters. The van der Waals surface area contributed by atoms with Crippen molar-refractivity contribution in [1.29, 1.82) is 0 Å². The first kappa shape index (κ1) is 27.0. The summed E-state index contributed by atoms with van der Waals surface area (Å²) >= 11 is 0. The third-order valence-corrected chi connectivity index (χ3v) is 7.67. The lowest BCUT2D eigenvalue weighted by molar-refractivity contribution is 0.151. The second-order valence-corrected chi connectivity index (χ2v) is 10.6. The van der Waals surface area contributed by atoms with Gasteiger partial charge in [-0.05, 0) is 48.4 Å². The topological polar surface area (TPSA) is 71.1 Å². The van der Waals surface area contributed by atoms with E-state index in [1.807, 2.05) is 123 Å². The van der Waals surface area contributed by atoms with Crippen molar-refractivity contribution in [2.24, 2.45) is 0 Å². The van der Waals surface area contributed by atoms with Gasteiger partial charge in [-0.3, -0.25) is 0 Å². The maximum Gasteiger partial charge on any atom is 0.519 e. The number of aryl methyl sites for hydroxylation is 2. The van der Waals surface area contributed by atoms with Gasteiger partial charge in [-0.1, -0.05) is 109 Å². The molecule has 0 saturated carbocycles. The molecule has 0 aliphatic heterocycles. The number of benzene rings is 7. The van der Waals surface area contributed by atoms with Gasteiger partial charge in [-0.15, -0.1) is 0 Å². The van der Waals surface area contributed by atoms with E-state index in [2.05, 4.69) is 0 Å². The highest BCUT2D eigenvalue weighted by Crippen LogP contribution is 2.45. The van der Waals surface area contributed by atoms with Crippen LogP contribution in [0.25, 0.3) is 43.1 Å². The molecule has 0 spiro atoms. The summed E-state index contributed by atoms with van der Waals surface area (Å²) in [6, 6.07) is 37.5. The van der Waals surface area contributed by atoms with Crippen LogP contribution in [0.1, 0.15) is 11.1 Å². The van der Waals surface area contributed by atoms with Crippen molar-refractivity contribution in [3.8, 4) is 23.0 Å². The molecular formula is C38H26O6. The van der Waals surface area contributed by atoms with Crippen LogP contribution in [0.15, 0.2) is 121 Å². The van der Waals surface area contributed by atoms with E-state index in [1.54, 1.807) is 12.1 Å². The number of ether oxygens (including phenoxy) is 4. The lowest BCUT2D eigenvalue weighted by atomic mass is 9.96.